The second-order valence-electron chi connectivity index (χ2n) is 5.02. The Labute approximate surface area is 136 Å². The van der Waals surface area contributed by atoms with Gasteiger partial charge in [0.15, 0.2) is 11.5 Å². The van der Waals surface area contributed by atoms with Gasteiger partial charge in [-0.15, -0.1) is 0 Å². The average molecular weight is 312 g/mol. The maximum atomic E-state index is 11.7. The smallest absolute Gasteiger partial charge is 0.337 e. The predicted molar refractivity (Wildman–Crippen MR) is 90.8 cm³/mol. The van der Waals surface area contributed by atoms with Crippen molar-refractivity contribution >= 4 is 11.5 Å². The number of methoxy groups -OCH3 is 3. The molecule has 0 aliphatic rings. The van der Waals surface area contributed by atoms with Crippen molar-refractivity contribution in [2.45, 2.75) is 6.92 Å². The molecule has 23 heavy (non-hydrogen) atoms. The molecule has 0 amide bonds. The molecule has 0 saturated heterocycles. The van der Waals surface area contributed by atoms with E-state index in [4.69, 9.17) is 14.2 Å². The largest absolute Gasteiger partial charge is 0.493 e. The number of benzene rings is 2. The van der Waals surface area contributed by atoms with Crippen LogP contribution in [-0.4, -0.2) is 27.3 Å². The van der Waals surface area contributed by atoms with Gasteiger partial charge in [-0.2, -0.15) is 0 Å². The number of ether oxygens (including phenoxy) is 3. The molecule has 0 heterocycles. The van der Waals surface area contributed by atoms with Crippen molar-refractivity contribution in [2.24, 2.45) is 0 Å². The molecule has 120 valence electrons. The van der Waals surface area contributed by atoms with E-state index in [1.165, 1.54) is 7.11 Å². The highest BCUT2D eigenvalue weighted by atomic mass is 16.5. The lowest BCUT2D eigenvalue weighted by Gasteiger charge is -2.14. The van der Waals surface area contributed by atoms with Crippen molar-refractivity contribution in [3.05, 3.63) is 54.1 Å². The minimum absolute atomic E-state index is 0.340. The Morgan fingerprint density at radius 2 is 1.70 bits per heavy atom. The van der Waals surface area contributed by atoms with Gasteiger partial charge in [0.1, 0.15) is 0 Å². The first-order valence-electron chi connectivity index (χ1n) is 7.13. The summed E-state index contributed by atoms with van der Waals surface area (Å²) in [6.07, 6.45) is 0. The van der Waals surface area contributed by atoms with E-state index in [1.54, 1.807) is 14.2 Å². The van der Waals surface area contributed by atoms with E-state index in [0.717, 1.165) is 22.3 Å². The normalized spacial score (nSPS) is 10.1. The Hall–Kier alpha value is -2.75. The molecule has 0 radical (unpaired) electrons. The highest BCUT2D eigenvalue weighted by Crippen LogP contribution is 2.35. The number of carbonyl (C=O) groups is 1. The molecule has 4 heteroatoms. The van der Waals surface area contributed by atoms with Crippen molar-refractivity contribution in [2.75, 3.05) is 21.3 Å². The van der Waals surface area contributed by atoms with Gasteiger partial charge >= 0.3 is 5.97 Å². The van der Waals surface area contributed by atoms with Crippen LogP contribution >= 0.6 is 0 Å². The molecular weight excluding hydrogens is 292 g/mol. The van der Waals surface area contributed by atoms with Crippen LogP contribution in [0.1, 0.15) is 11.1 Å². The standard InChI is InChI=1S/C19H20O4/c1-12-15(13(2)19(20)23-5)7-6-8-16(12)14-9-10-17(21-3)18(11-14)22-4/h6-11H,2H2,1,3-5H3. The summed E-state index contributed by atoms with van der Waals surface area (Å²) in [5, 5.41) is 0. The van der Waals surface area contributed by atoms with E-state index < -0.39 is 5.97 Å². The molecule has 2 aromatic rings. The summed E-state index contributed by atoms with van der Waals surface area (Å²) in [6.45, 7) is 5.79. The molecule has 0 fully saturated rings. The third kappa shape index (κ3) is 3.21. The lowest BCUT2D eigenvalue weighted by molar-refractivity contribution is -0.133. The first-order chi connectivity index (χ1) is 11.0. The van der Waals surface area contributed by atoms with E-state index in [2.05, 4.69) is 6.58 Å². The minimum Gasteiger partial charge on any atom is -0.493 e. The van der Waals surface area contributed by atoms with Crippen LogP contribution in [0.4, 0.5) is 0 Å². The Kier molecular flexibility index (Phi) is 5.06. The number of carbonyl (C=O) groups excluding carboxylic acids is 1. The van der Waals surface area contributed by atoms with Crippen LogP contribution in [0, 0.1) is 6.92 Å². The van der Waals surface area contributed by atoms with Gasteiger partial charge in [0, 0.05) is 0 Å². The summed E-state index contributed by atoms with van der Waals surface area (Å²) in [5.74, 6) is 0.892. The van der Waals surface area contributed by atoms with Crippen molar-refractivity contribution < 1.29 is 19.0 Å². The fraction of sp³-hybridized carbons (Fsp3) is 0.211. The maximum Gasteiger partial charge on any atom is 0.337 e. The van der Waals surface area contributed by atoms with Crippen molar-refractivity contribution in [1.82, 2.24) is 0 Å². The van der Waals surface area contributed by atoms with E-state index in [0.29, 0.717) is 17.1 Å². The van der Waals surface area contributed by atoms with Gasteiger partial charge in [-0.1, -0.05) is 30.8 Å². The van der Waals surface area contributed by atoms with Crippen LogP contribution in [0.15, 0.2) is 43.0 Å². The van der Waals surface area contributed by atoms with Gasteiger partial charge in [0.25, 0.3) is 0 Å². The molecule has 0 spiro atoms. The molecule has 0 aliphatic carbocycles. The molecule has 0 unspecified atom stereocenters. The average Bonchev–Trinajstić information content (AvgIpc) is 2.60. The van der Waals surface area contributed by atoms with Crippen LogP contribution in [-0.2, 0) is 9.53 Å². The number of rotatable bonds is 5. The predicted octanol–water partition coefficient (Wildman–Crippen LogP) is 3.87. The van der Waals surface area contributed by atoms with E-state index >= 15 is 0 Å². The maximum absolute atomic E-state index is 11.7. The number of hydrogen-bond donors (Lipinski definition) is 0. The first-order valence-corrected chi connectivity index (χ1v) is 7.13. The molecule has 0 saturated carbocycles. The van der Waals surface area contributed by atoms with Crippen LogP contribution in [0.25, 0.3) is 16.7 Å². The SMILES string of the molecule is C=C(C(=O)OC)c1cccc(-c2ccc(OC)c(OC)c2)c1C. The highest BCUT2D eigenvalue weighted by molar-refractivity contribution is 6.16. The van der Waals surface area contributed by atoms with Crippen molar-refractivity contribution in [1.29, 1.82) is 0 Å². The number of hydrogen-bond acceptors (Lipinski definition) is 4. The molecule has 2 aromatic carbocycles. The molecule has 0 aromatic heterocycles. The lowest BCUT2D eigenvalue weighted by Crippen LogP contribution is -2.04. The Morgan fingerprint density at radius 1 is 1.00 bits per heavy atom. The summed E-state index contributed by atoms with van der Waals surface area (Å²) in [6, 6.07) is 11.5. The summed E-state index contributed by atoms with van der Waals surface area (Å²) >= 11 is 0. The zero-order valence-corrected chi connectivity index (χ0v) is 13.8. The van der Waals surface area contributed by atoms with Crippen molar-refractivity contribution in [3.8, 4) is 22.6 Å². The van der Waals surface area contributed by atoms with Crippen LogP contribution in [0.2, 0.25) is 0 Å². The molecule has 0 N–H and O–H groups in total. The third-order valence-electron chi connectivity index (χ3n) is 3.79. The van der Waals surface area contributed by atoms with Gasteiger partial charge in [-0.05, 0) is 41.3 Å². The summed E-state index contributed by atoms with van der Waals surface area (Å²) in [5.41, 5.74) is 4.03. The second-order valence-corrected chi connectivity index (χ2v) is 5.02. The van der Waals surface area contributed by atoms with Crippen LogP contribution in [0.3, 0.4) is 0 Å². The van der Waals surface area contributed by atoms with E-state index in [-0.39, 0.29) is 0 Å². The molecule has 0 atom stereocenters. The fourth-order valence-electron chi connectivity index (χ4n) is 2.51. The molecule has 4 nitrogen and oxygen atoms in total. The zero-order valence-electron chi connectivity index (χ0n) is 13.8. The second kappa shape index (κ2) is 7.01. The third-order valence-corrected chi connectivity index (χ3v) is 3.79. The van der Waals surface area contributed by atoms with Gasteiger partial charge in [-0.25, -0.2) is 4.79 Å². The lowest BCUT2D eigenvalue weighted by atomic mass is 9.93. The minimum atomic E-state index is -0.433. The molecule has 0 bridgehead atoms. The summed E-state index contributed by atoms with van der Waals surface area (Å²) in [7, 11) is 4.55. The quantitative estimate of drug-likeness (QED) is 0.621. The summed E-state index contributed by atoms with van der Waals surface area (Å²) < 4.78 is 15.4. The Morgan fingerprint density at radius 3 is 2.30 bits per heavy atom. The van der Waals surface area contributed by atoms with Gasteiger partial charge < -0.3 is 14.2 Å². The van der Waals surface area contributed by atoms with Gasteiger partial charge in [0.2, 0.25) is 0 Å². The molecular formula is C19H20O4. The topological polar surface area (TPSA) is 44.8 Å². The van der Waals surface area contributed by atoms with E-state index in [1.807, 2.05) is 43.3 Å². The van der Waals surface area contributed by atoms with Crippen LogP contribution in [0.5, 0.6) is 11.5 Å². The van der Waals surface area contributed by atoms with E-state index in [9.17, 15) is 4.79 Å². The van der Waals surface area contributed by atoms with Gasteiger partial charge in [0.05, 0.1) is 26.9 Å². The first kappa shape index (κ1) is 16.6. The van der Waals surface area contributed by atoms with Crippen LogP contribution < -0.4 is 9.47 Å². The summed E-state index contributed by atoms with van der Waals surface area (Å²) in [4.78, 5) is 11.7. The Bertz CT molecular complexity index is 747. The highest BCUT2D eigenvalue weighted by Gasteiger charge is 2.15. The fourth-order valence-corrected chi connectivity index (χ4v) is 2.51. The van der Waals surface area contributed by atoms with Crippen molar-refractivity contribution in [3.63, 3.8) is 0 Å². The molecule has 0 aliphatic heterocycles. The monoisotopic (exact) mass is 312 g/mol. The molecule has 2 rings (SSSR count). The van der Waals surface area contributed by atoms with Gasteiger partial charge in [-0.3, -0.25) is 0 Å². The zero-order chi connectivity index (χ0) is 17.0. The number of esters is 1. The Balaban J connectivity index is 2.53.